The van der Waals surface area contributed by atoms with Crippen LogP contribution in [-0.4, -0.2) is 59.4 Å². The molecule has 3 rings (SSSR count). The van der Waals surface area contributed by atoms with Crippen molar-refractivity contribution < 1.29 is 0 Å². The minimum atomic E-state index is -1.52. The zero-order valence-corrected chi connectivity index (χ0v) is 23.2. The van der Waals surface area contributed by atoms with Crippen LogP contribution in [0.2, 0.25) is 19.6 Å². The molecule has 0 saturated carbocycles. The Labute approximate surface area is 190 Å². The van der Waals surface area contributed by atoms with Crippen molar-refractivity contribution in [3.05, 3.63) is 28.8 Å². The predicted molar refractivity (Wildman–Crippen MR) is 142 cm³/mol. The summed E-state index contributed by atoms with van der Waals surface area (Å²) in [6.07, 6.45) is 0.987. The Balaban J connectivity index is 2.33. The van der Waals surface area contributed by atoms with Gasteiger partial charge in [0.05, 0.1) is 8.07 Å². The van der Waals surface area contributed by atoms with Gasteiger partial charge in [0.2, 0.25) is 0 Å². The van der Waals surface area contributed by atoms with Gasteiger partial charge in [0.15, 0.2) is 0 Å². The highest BCUT2D eigenvalue weighted by Crippen LogP contribution is 2.46. The molecule has 2 aliphatic rings. The first-order valence-electron chi connectivity index (χ1n) is 11.6. The van der Waals surface area contributed by atoms with E-state index in [0.29, 0.717) is 12.1 Å². The molecule has 2 aliphatic heterocycles. The lowest BCUT2D eigenvalue weighted by atomic mass is 9.72. The maximum atomic E-state index is 3.90. The number of benzene rings is 1. The minimum Gasteiger partial charge on any atom is -0.314 e. The number of hydrogen-bond donors (Lipinski definition) is 4. The van der Waals surface area contributed by atoms with Crippen LogP contribution in [0.4, 0.5) is 0 Å². The van der Waals surface area contributed by atoms with Gasteiger partial charge in [-0.05, 0) is 28.3 Å². The fourth-order valence-electron chi connectivity index (χ4n) is 5.29. The van der Waals surface area contributed by atoms with Crippen molar-refractivity contribution in [1.82, 2.24) is 21.3 Å². The van der Waals surface area contributed by atoms with Crippen LogP contribution in [-0.2, 0) is 16.7 Å². The van der Waals surface area contributed by atoms with Crippen LogP contribution in [0, 0.1) is 0 Å². The molecule has 1 aromatic rings. The Hall–Kier alpha value is 0.137. The zero-order chi connectivity index (χ0) is 22.2. The van der Waals surface area contributed by atoms with E-state index in [4.69, 9.17) is 0 Å². The highest BCUT2D eigenvalue weighted by atomic mass is 31.0. The smallest absolute Gasteiger partial charge is 0.0779 e. The van der Waals surface area contributed by atoms with E-state index in [1.54, 1.807) is 16.3 Å². The molecule has 0 aliphatic carbocycles. The lowest BCUT2D eigenvalue weighted by Gasteiger charge is -2.51. The van der Waals surface area contributed by atoms with Crippen molar-refractivity contribution in [2.45, 2.75) is 69.2 Å². The van der Waals surface area contributed by atoms with Gasteiger partial charge in [-0.1, -0.05) is 57.7 Å². The lowest BCUT2D eigenvalue weighted by molar-refractivity contribution is 0.253. The van der Waals surface area contributed by atoms with E-state index in [9.17, 15) is 0 Å². The maximum Gasteiger partial charge on any atom is 0.0779 e. The number of rotatable bonds is 5. The Bertz CT molecular complexity index is 712. The van der Waals surface area contributed by atoms with E-state index in [1.807, 2.05) is 0 Å². The summed E-state index contributed by atoms with van der Waals surface area (Å²) in [5.41, 5.74) is 4.72. The molecule has 2 fully saturated rings. The Kier molecular flexibility index (Phi) is 7.89. The van der Waals surface area contributed by atoms with Crippen molar-refractivity contribution in [3.63, 3.8) is 0 Å². The summed E-state index contributed by atoms with van der Waals surface area (Å²) in [4.78, 5) is 0. The average molecular weight is 467 g/mol. The van der Waals surface area contributed by atoms with Crippen LogP contribution >= 0.6 is 18.5 Å². The quantitative estimate of drug-likeness (QED) is 0.397. The molecule has 4 N–H and O–H groups in total. The van der Waals surface area contributed by atoms with Crippen LogP contribution in [0.1, 0.15) is 37.5 Å². The highest BCUT2D eigenvalue weighted by Gasteiger charge is 2.48. The molecule has 7 heteroatoms. The normalized spacial score (nSPS) is 25.7. The van der Waals surface area contributed by atoms with E-state index < -0.39 is 8.07 Å². The molecule has 2 saturated heterocycles. The van der Waals surface area contributed by atoms with Crippen molar-refractivity contribution in [2.75, 3.05) is 39.3 Å². The van der Waals surface area contributed by atoms with Crippen LogP contribution < -0.4 is 26.5 Å². The van der Waals surface area contributed by atoms with E-state index in [0.717, 1.165) is 45.4 Å². The molecular formula is C23H44N4P2Si. The van der Waals surface area contributed by atoms with E-state index in [-0.39, 0.29) is 10.6 Å². The van der Waals surface area contributed by atoms with E-state index >= 15 is 0 Å². The van der Waals surface area contributed by atoms with Gasteiger partial charge >= 0.3 is 0 Å². The second kappa shape index (κ2) is 9.55. The molecule has 4 atom stereocenters. The molecule has 4 unspecified atom stereocenters. The standard InChI is InChI=1S/C23H44N4P2Si/c1-22(2,3)21-17(30(4,5)6)8-7-16(15-28)20(21)23(29,18-13-24-9-11-26-18)19-14-25-10-12-27-19/h7-8,18-19,24-27H,9-15,28-29H2,1-6H3. The van der Waals surface area contributed by atoms with Crippen molar-refractivity contribution >= 4 is 31.7 Å². The first kappa shape index (κ1) is 24.8. The zero-order valence-electron chi connectivity index (χ0n) is 19.9. The number of hydrogen-bond acceptors (Lipinski definition) is 4. The molecule has 0 spiro atoms. The molecule has 0 amide bonds. The molecule has 1 aromatic carbocycles. The molecule has 170 valence electrons. The third-order valence-electron chi connectivity index (χ3n) is 6.74. The fraction of sp³-hybridized carbons (Fsp3) is 0.739. The second-order valence-corrected chi connectivity index (χ2v) is 17.5. The molecule has 0 radical (unpaired) electrons. The monoisotopic (exact) mass is 466 g/mol. The molecular weight excluding hydrogens is 422 g/mol. The van der Waals surface area contributed by atoms with Gasteiger partial charge < -0.3 is 21.3 Å². The Morgan fingerprint density at radius 3 is 1.80 bits per heavy atom. The summed E-state index contributed by atoms with van der Waals surface area (Å²) in [6, 6.07) is 5.61. The predicted octanol–water partition coefficient (Wildman–Crippen LogP) is 2.10. The van der Waals surface area contributed by atoms with Gasteiger partial charge in [-0.3, -0.25) is 0 Å². The van der Waals surface area contributed by atoms with Crippen LogP contribution in [0.5, 0.6) is 0 Å². The molecule has 0 aromatic heterocycles. The number of nitrogens with one attached hydrogen (secondary N) is 4. The van der Waals surface area contributed by atoms with Crippen LogP contribution in [0.15, 0.2) is 12.1 Å². The average Bonchev–Trinajstić information content (AvgIpc) is 2.72. The topological polar surface area (TPSA) is 48.1 Å². The summed E-state index contributed by atoms with van der Waals surface area (Å²) >= 11 is 0. The molecule has 0 bridgehead atoms. The maximum absolute atomic E-state index is 3.90. The second-order valence-electron chi connectivity index (χ2n) is 11.1. The van der Waals surface area contributed by atoms with Gasteiger partial charge in [-0.2, -0.15) is 0 Å². The van der Waals surface area contributed by atoms with Crippen LogP contribution in [0.3, 0.4) is 0 Å². The van der Waals surface area contributed by atoms with Crippen molar-refractivity contribution in [1.29, 1.82) is 0 Å². The third kappa shape index (κ3) is 4.88. The molecule has 2 heterocycles. The largest absolute Gasteiger partial charge is 0.314 e. The lowest BCUT2D eigenvalue weighted by Crippen LogP contribution is -2.67. The van der Waals surface area contributed by atoms with Crippen molar-refractivity contribution in [2.24, 2.45) is 0 Å². The summed E-state index contributed by atoms with van der Waals surface area (Å²) in [5, 5.41) is 16.7. The minimum absolute atomic E-state index is 0.0901. The van der Waals surface area contributed by atoms with Gasteiger partial charge in [0.1, 0.15) is 0 Å². The molecule has 30 heavy (non-hydrogen) atoms. The Morgan fingerprint density at radius 2 is 1.43 bits per heavy atom. The summed E-state index contributed by atoms with van der Waals surface area (Å²) in [6.45, 7) is 20.8. The van der Waals surface area contributed by atoms with Gasteiger partial charge in [-0.15, -0.1) is 18.5 Å². The first-order valence-corrected chi connectivity index (χ1v) is 16.4. The summed E-state index contributed by atoms with van der Waals surface area (Å²) in [5.74, 6) is 0. The highest BCUT2D eigenvalue weighted by molar-refractivity contribution is 7.19. The molecule has 4 nitrogen and oxygen atoms in total. The van der Waals surface area contributed by atoms with Gasteiger partial charge in [0.25, 0.3) is 0 Å². The van der Waals surface area contributed by atoms with E-state index in [2.05, 4.69) is 92.3 Å². The van der Waals surface area contributed by atoms with E-state index in [1.165, 1.54) is 5.56 Å². The Morgan fingerprint density at radius 1 is 0.900 bits per heavy atom. The fourth-order valence-corrected chi connectivity index (χ4v) is 8.26. The summed E-state index contributed by atoms with van der Waals surface area (Å²) < 4.78 is 0. The SMILES string of the molecule is CC(C)(C)c1c([Si](C)(C)C)ccc(CP)c1C(P)(C1CNCCN1)C1CNCCN1. The van der Waals surface area contributed by atoms with Gasteiger partial charge in [0, 0.05) is 56.5 Å². The van der Waals surface area contributed by atoms with Gasteiger partial charge in [-0.25, -0.2) is 0 Å². The van der Waals surface area contributed by atoms with Crippen LogP contribution in [0.25, 0.3) is 0 Å². The third-order valence-corrected chi connectivity index (χ3v) is 10.3. The first-order chi connectivity index (χ1) is 14.0. The number of piperazine rings is 2. The van der Waals surface area contributed by atoms with Crippen molar-refractivity contribution in [3.8, 4) is 0 Å². The summed E-state index contributed by atoms with van der Waals surface area (Å²) in [7, 11) is 4.87.